The average Bonchev–Trinajstić information content (AvgIpc) is 2.37. The van der Waals surface area contributed by atoms with Gasteiger partial charge in [-0.25, -0.2) is 9.59 Å². The molecule has 1 aromatic carbocycles. The van der Waals surface area contributed by atoms with Crippen molar-refractivity contribution in [3.63, 3.8) is 0 Å². The highest BCUT2D eigenvalue weighted by Crippen LogP contribution is 2.16. The fraction of sp³-hybridized carbons (Fsp3) is 0.231. The number of benzene rings is 1. The number of anilines is 1. The Morgan fingerprint density at radius 3 is 2.38 bits per heavy atom. The van der Waals surface area contributed by atoms with E-state index in [-0.39, 0.29) is 18.7 Å². The van der Waals surface area contributed by atoms with Crippen LogP contribution in [0.1, 0.15) is 15.9 Å². The summed E-state index contributed by atoms with van der Waals surface area (Å²) in [6, 6.07) is 3.73. The van der Waals surface area contributed by atoms with Gasteiger partial charge in [-0.15, -0.1) is 0 Å². The lowest BCUT2D eigenvalue weighted by molar-refractivity contribution is -0.134. The van der Waals surface area contributed by atoms with Crippen LogP contribution in [-0.4, -0.2) is 46.9 Å². The van der Waals surface area contributed by atoms with Gasteiger partial charge in [0.2, 0.25) is 11.8 Å². The number of hydrogen-bond donors (Lipinski definition) is 3. The Hall–Kier alpha value is -2.90. The van der Waals surface area contributed by atoms with Crippen molar-refractivity contribution in [2.45, 2.75) is 6.92 Å². The molecule has 0 spiro atoms. The molecule has 0 aromatic heterocycles. The smallest absolute Gasteiger partial charge is 0.335 e. The van der Waals surface area contributed by atoms with Crippen molar-refractivity contribution >= 4 is 29.5 Å². The normalized spacial score (nSPS) is 14.6. The molecular formula is C13H13N3O5. The first-order valence-electron chi connectivity index (χ1n) is 6.09. The number of carboxylic acids is 1. The van der Waals surface area contributed by atoms with E-state index < -0.39 is 23.8 Å². The first-order chi connectivity index (χ1) is 9.86. The molecular weight excluding hydrogens is 278 g/mol. The first-order valence-corrected chi connectivity index (χ1v) is 6.09. The van der Waals surface area contributed by atoms with Crippen LogP contribution in [0.3, 0.4) is 0 Å². The van der Waals surface area contributed by atoms with Gasteiger partial charge in [-0.05, 0) is 30.7 Å². The summed E-state index contributed by atoms with van der Waals surface area (Å²) < 4.78 is 0. The largest absolute Gasteiger partial charge is 0.478 e. The molecule has 1 heterocycles. The molecule has 4 amide bonds. The van der Waals surface area contributed by atoms with Gasteiger partial charge in [0.25, 0.3) is 0 Å². The molecule has 0 aliphatic carbocycles. The SMILES string of the molecule is Cc1cc(NC(=O)N2CC(=O)NC(=O)C2)ccc1C(=O)O. The van der Waals surface area contributed by atoms with Gasteiger partial charge < -0.3 is 15.3 Å². The average molecular weight is 291 g/mol. The topological polar surface area (TPSA) is 116 Å². The molecule has 1 aromatic rings. The molecule has 1 fully saturated rings. The Bertz CT molecular complexity index is 625. The van der Waals surface area contributed by atoms with Crippen molar-refractivity contribution in [1.82, 2.24) is 10.2 Å². The Balaban J connectivity index is 2.09. The lowest BCUT2D eigenvalue weighted by Crippen LogP contribution is -2.54. The molecule has 3 N–H and O–H groups in total. The van der Waals surface area contributed by atoms with Crippen LogP contribution in [-0.2, 0) is 9.59 Å². The van der Waals surface area contributed by atoms with Crippen LogP contribution in [0, 0.1) is 6.92 Å². The Labute approximate surface area is 119 Å². The van der Waals surface area contributed by atoms with Gasteiger partial charge in [0.05, 0.1) is 5.56 Å². The number of rotatable bonds is 2. The molecule has 8 nitrogen and oxygen atoms in total. The van der Waals surface area contributed by atoms with Gasteiger partial charge >= 0.3 is 12.0 Å². The van der Waals surface area contributed by atoms with Gasteiger partial charge in [-0.3, -0.25) is 14.9 Å². The number of nitrogens with one attached hydrogen (secondary N) is 2. The third-order valence-corrected chi connectivity index (χ3v) is 2.94. The maximum Gasteiger partial charge on any atom is 0.335 e. The lowest BCUT2D eigenvalue weighted by Gasteiger charge is -2.25. The van der Waals surface area contributed by atoms with Crippen molar-refractivity contribution < 1.29 is 24.3 Å². The van der Waals surface area contributed by atoms with Crippen molar-refractivity contribution in [2.24, 2.45) is 0 Å². The minimum atomic E-state index is -1.05. The summed E-state index contributed by atoms with van der Waals surface area (Å²) in [7, 11) is 0. The van der Waals surface area contributed by atoms with E-state index in [9.17, 15) is 19.2 Å². The predicted octanol–water partition coefficient (Wildman–Crippen LogP) is 0.184. The summed E-state index contributed by atoms with van der Waals surface area (Å²) in [5.74, 6) is -2.14. The number of amides is 4. The van der Waals surface area contributed by atoms with Gasteiger partial charge in [-0.2, -0.15) is 0 Å². The molecule has 21 heavy (non-hydrogen) atoms. The lowest BCUT2D eigenvalue weighted by atomic mass is 10.1. The highest BCUT2D eigenvalue weighted by atomic mass is 16.4. The zero-order chi connectivity index (χ0) is 15.6. The number of carbonyl (C=O) groups is 4. The minimum Gasteiger partial charge on any atom is -0.478 e. The minimum absolute atomic E-state index is 0.139. The summed E-state index contributed by atoms with van der Waals surface area (Å²) in [5, 5.41) is 13.5. The second-order valence-corrected chi connectivity index (χ2v) is 4.59. The maximum absolute atomic E-state index is 12.0. The number of aromatic carboxylic acids is 1. The molecule has 1 saturated heterocycles. The highest BCUT2D eigenvalue weighted by Gasteiger charge is 2.26. The summed E-state index contributed by atoms with van der Waals surface area (Å²) >= 11 is 0. The maximum atomic E-state index is 12.0. The van der Waals surface area contributed by atoms with E-state index in [0.29, 0.717) is 11.3 Å². The molecule has 0 atom stereocenters. The molecule has 1 aliphatic rings. The van der Waals surface area contributed by atoms with E-state index in [0.717, 1.165) is 4.90 Å². The van der Waals surface area contributed by atoms with E-state index in [2.05, 4.69) is 10.6 Å². The van der Waals surface area contributed by atoms with Crippen LogP contribution in [0.15, 0.2) is 18.2 Å². The van der Waals surface area contributed by atoms with Crippen molar-refractivity contribution in [1.29, 1.82) is 0 Å². The van der Waals surface area contributed by atoms with E-state index >= 15 is 0 Å². The second kappa shape index (κ2) is 5.61. The zero-order valence-corrected chi connectivity index (χ0v) is 11.2. The number of carboxylic acid groups (broad SMARTS) is 1. The quantitative estimate of drug-likeness (QED) is 0.672. The number of piperazine rings is 1. The van der Waals surface area contributed by atoms with E-state index in [4.69, 9.17) is 5.11 Å². The van der Waals surface area contributed by atoms with Crippen molar-refractivity contribution in [3.05, 3.63) is 29.3 Å². The fourth-order valence-corrected chi connectivity index (χ4v) is 1.96. The molecule has 0 bridgehead atoms. The van der Waals surface area contributed by atoms with Gasteiger partial charge in [0, 0.05) is 5.69 Å². The molecule has 0 unspecified atom stereocenters. The molecule has 8 heteroatoms. The molecule has 2 rings (SSSR count). The van der Waals surface area contributed by atoms with Crippen LogP contribution < -0.4 is 10.6 Å². The highest BCUT2D eigenvalue weighted by molar-refractivity contribution is 6.04. The molecule has 0 radical (unpaired) electrons. The van der Waals surface area contributed by atoms with Crippen LogP contribution in [0.25, 0.3) is 0 Å². The van der Waals surface area contributed by atoms with Crippen LogP contribution in [0.4, 0.5) is 10.5 Å². The first kappa shape index (κ1) is 14.5. The Kier molecular flexibility index (Phi) is 3.88. The van der Waals surface area contributed by atoms with Crippen molar-refractivity contribution in [2.75, 3.05) is 18.4 Å². The van der Waals surface area contributed by atoms with Crippen molar-refractivity contribution in [3.8, 4) is 0 Å². The summed E-state index contributed by atoms with van der Waals surface area (Å²) in [6.45, 7) is 1.20. The fourth-order valence-electron chi connectivity index (χ4n) is 1.96. The van der Waals surface area contributed by atoms with Crippen LogP contribution in [0.5, 0.6) is 0 Å². The number of imide groups is 1. The van der Waals surface area contributed by atoms with E-state index in [1.165, 1.54) is 18.2 Å². The number of aryl methyl sites for hydroxylation is 1. The van der Waals surface area contributed by atoms with E-state index in [1.807, 2.05) is 0 Å². The summed E-state index contributed by atoms with van der Waals surface area (Å²) in [6.07, 6.45) is 0. The Morgan fingerprint density at radius 2 is 1.86 bits per heavy atom. The van der Waals surface area contributed by atoms with Gasteiger partial charge in [0.1, 0.15) is 13.1 Å². The molecule has 110 valence electrons. The third kappa shape index (κ3) is 3.35. The number of urea groups is 1. The summed E-state index contributed by atoms with van der Waals surface area (Å²) in [5.41, 5.74) is 1.02. The molecule has 1 aliphatic heterocycles. The Morgan fingerprint density at radius 1 is 1.24 bits per heavy atom. The molecule has 0 saturated carbocycles. The number of nitrogens with zero attached hydrogens (tertiary/aromatic N) is 1. The van der Waals surface area contributed by atoms with Gasteiger partial charge in [0.15, 0.2) is 0 Å². The summed E-state index contributed by atoms with van der Waals surface area (Å²) in [4.78, 5) is 46.3. The van der Waals surface area contributed by atoms with Crippen LogP contribution in [0.2, 0.25) is 0 Å². The van der Waals surface area contributed by atoms with Gasteiger partial charge in [-0.1, -0.05) is 0 Å². The monoisotopic (exact) mass is 291 g/mol. The van der Waals surface area contributed by atoms with Crippen LogP contribution >= 0.6 is 0 Å². The standard InChI is InChI=1S/C13H13N3O5/c1-7-4-8(2-3-9(7)12(19)20)14-13(21)16-5-10(17)15-11(18)6-16/h2-4H,5-6H2,1H3,(H,14,21)(H,19,20)(H,15,17,18). The number of hydrogen-bond acceptors (Lipinski definition) is 4. The predicted molar refractivity (Wildman–Crippen MR) is 71.9 cm³/mol. The zero-order valence-electron chi connectivity index (χ0n) is 11.2. The number of carbonyl (C=O) groups excluding carboxylic acids is 3. The second-order valence-electron chi connectivity index (χ2n) is 4.59. The third-order valence-electron chi connectivity index (χ3n) is 2.94. The van der Waals surface area contributed by atoms with E-state index in [1.54, 1.807) is 6.92 Å².